The summed E-state index contributed by atoms with van der Waals surface area (Å²) in [6, 6.07) is 79.6. The molecule has 0 radical (unpaired) electrons. The van der Waals surface area contributed by atoms with Gasteiger partial charge in [-0.25, -0.2) is 0 Å². The molecule has 2 aromatic heterocycles. The predicted octanol–water partition coefficient (Wildman–Crippen LogP) is 16.8. The number of hydrogen-bond donors (Lipinski definition) is 0. The van der Waals surface area contributed by atoms with E-state index in [0.717, 1.165) is 94.1 Å². The van der Waals surface area contributed by atoms with Gasteiger partial charge >= 0.3 is 0 Å². The summed E-state index contributed by atoms with van der Waals surface area (Å²) >= 11 is 0. The van der Waals surface area contributed by atoms with Crippen LogP contribution in [-0.2, 0) is 0 Å². The average molecular weight is 780 g/mol. The van der Waals surface area contributed by atoms with Gasteiger partial charge in [0, 0.05) is 43.9 Å². The number of anilines is 3. The molecule has 0 aliphatic rings. The molecule has 0 fully saturated rings. The Morgan fingerprint density at radius 1 is 0.279 bits per heavy atom. The summed E-state index contributed by atoms with van der Waals surface area (Å²) in [5.74, 6) is 0. The fraction of sp³-hybridized carbons (Fsp3) is 0. The zero-order valence-electron chi connectivity index (χ0n) is 33.1. The molecule has 3 heteroatoms. The predicted molar refractivity (Wildman–Crippen MR) is 255 cm³/mol. The Hall–Kier alpha value is -8.14. The van der Waals surface area contributed by atoms with E-state index in [-0.39, 0.29) is 0 Å². The first-order chi connectivity index (χ1) is 30.3. The van der Waals surface area contributed by atoms with Gasteiger partial charge in [0.15, 0.2) is 5.58 Å². The molecule has 0 unspecified atom stereocenters. The number of hydrogen-bond acceptors (Lipinski definition) is 3. The van der Waals surface area contributed by atoms with Crippen molar-refractivity contribution in [2.75, 3.05) is 4.90 Å². The number of benzene rings is 10. The van der Waals surface area contributed by atoms with Crippen LogP contribution in [0.25, 0.3) is 99.2 Å². The highest BCUT2D eigenvalue weighted by Crippen LogP contribution is 2.47. The normalized spacial score (nSPS) is 11.6. The lowest BCUT2D eigenvalue weighted by molar-refractivity contribution is 0.669. The van der Waals surface area contributed by atoms with E-state index in [9.17, 15) is 0 Å². The number of para-hydroxylation sites is 2. The zero-order chi connectivity index (χ0) is 40.3. The lowest BCUT2D eigenvalue weighted by Gasteiger charge is -2.26. The van der Waals surface area contributed by atoms with Crippen LogP contribution in [-0.4, -0.2) is 0 Å². The van der Waals surface area contributed by atoms with Crippen molar-refractivity contribution < 1.29 is 8.83 Å². The number of nitrogens with zero attached hydrogens (tertiary/aromatic N) is 1. The third kappa shape index (κ3) is 5.82. The van der Waals surface area contributed by atoms with Crippen LogP contribution in [0.3, 0.4) is 0 Å². The molecular weight excluding hydrogens is 743 g/mol. The fourth-order valence-corrected chi connectivity index (χ4v) is 9.21. The van der Waals surface area contributed by atoms with Gasteiger partial charge in [-0.3, -0.25) is 0 Å². The summed E-state index contributed by atoms with van der Waals surface area (Å²) in [5.41, 5.74) is 15.6. The van der Waals surface area contributed by atoms with Crippen molar-refractivity contribution in [1.29, 1.82) is 0 Å². The largest absolute Gasteiger partial charge is 0.455 e. The molecule has 0 N–H and O–H groups in total. The lowest BCUT2D eigenvalue weighted by atomic mass is 9.91. The van der Waals surface area contributed by atoms with Crippen LogP contribution in [0, 0.1) is 0 Å². The molecule has 0 atom stereocenters. The van der Waals surface area contributed by atoms with E-state index in [0.29, 0.717) is 0 Å². The average Bonchev–Trinajstić information content (AvgIpc) is 3.92. The zero-order valence-corrected chi connectivity index (χ0v) is 33.1. The second-order valence-corrected chi connectivity index (χ2v) is 15.6. The number of fused-ring (bicyclic) bond motifs is 8. The minimum atomic E-state index is 0.848. The highest BCUT2D eigenvalue weighted by atomic mass is 16.3. The summed E-state index contributed by atoms with van der Waals surface area (Å²) in [7, 11) is 0. The van der Waals surface area contributed by atoms with Crippen LogP contribution in [0.2, 0.25) is 0 Å². The summed E-state index contributed by atoms with van der Waals surface area (Å²) in [5, 5.41) is 6.66. The second-order valence-electron chi connectivity index (χ2n) is 15.6. The van der Waals surface area contributed by atoms with Crippen LogP contribution in [0.5, 0.6) is 0 Å². The quantitative estimate of drug-likeness (QED) is 0.161. The molecule has 0 saturated carbocycles. The van der Waals surface area contributed by atoms with Crippen LogP contribution in [0.4, 0.5) is 17.1 Å². The minimum absolute atomic E-state index is 0.848. The molecule has 3 nitrogen and oxygen atoms in total. The maximum absolute atomic E-state index is 7.12. The fourth-order valence-electron chi connectivity index (χ4n) is 9.21. The molecule has 12 rings (SSSR count). The van der Waals surface area contributed by atoms with Crippen molar-refractivity contribution in [3.05, 3.63) is 224 Å². The van der Waals surface area contributed by atoms with E-state index in [2.05, 4.69) is 217 Å². The van der Waals surface area contributed by atoms with Crippen molar-refractivity contribution >= 4 is 71.7 Å². The topological polar surface area (TPSA) is 29.5 Å². The summed E-state index contributed by atoms with van der Waals surface area (Å²) in [6.07, 6.45) is 0. The monoisotopic (exact) mass is 779 g/mol. The third-order valence-corrected chi connectivity index (χ3v) is 12.1. The standard InChI is InChI=1S/C58H37NO2/c1-4-15-38(16-5-1)39-27-31-43(32-28-39)59(53-25-14-24-49-47-22-12-13-26-54(47)60-57(49)53)44-33-29-42(30-34-44)55-45(40-17-6-2-7-18-40)35-36-50-52-37-51(41-19-8-3-9-20-41)46-21-10-11-23-48(46)56(52)61-58(50)55/h1-37H. The van der Waals surface area contributed by atoms with Gasteiger partial charge < -0.3 is 13.7 Å². The van der Waals surface area contributed by atoms with Crippen molar-refractivity contribution in [3.8, 4) is 44.5 Å². The van der Waals surface area contributed by atoms with Crippen molar-refractivity contribution in [3.63, 3.8) is 0 Å². The lowest BCUT2D eigenvalue weighted by Crippen LogP contribution is -2.10. The maximum atomic E-state index is 7.12. The van der Waals surface area contributed by atoms with Crippen LogP contribution >= 0.6 is 0 Å². The molecule has 10 aromatic carbocycles. The van der Waals surface area contributed by atoms with E-state index in [1.807, 2.05) is 12.1 Å². The Kier molecular flexibility index (Phi) is 8.17. The van der Waals surface area contributed by atoms with Crippen LogP contribution in [0.1, 0.15) is 0 Å². The smallest absolute Gasteiger partial charge is 0.159 e. The molecule has 0 bridgehead atoms. The summed E-state index contributed by atoms with van der Waals surface area (Å²) in [6.45, 7) is 0. The molecule has 61 heavy (non-hydrogen) atoms. The molecule has 0 amide bonds. The van der Waals surface area contributed by atoms with Gasteiger partial charge in [-0.2, -0.15) is 0 Å². The number of furan rings is 2. The van der Waals surface area contributed by atoms with Gasteiger partial charge in [0.1, 0.15) is 16.7 Å². The van der Waals surface area contributed by atoms with Gasteiger partial charge in [-0.1, -0.05) is 176 Å². The molecule has 12 aromatic rings. The summed E-state index contributed by atoms with van der Waals surface area (Å²) < 4.78 is 13.8. The molecule has 0 saturated heterocycles. The highest BCUT2D eigenvalue weighted by Gasteiger charge is 2.23. The molecule has 286 valence electrons. The van der Waals surface area contributed by atoms with Gasteiger partial charge in [0.2, 0.25) is 0 Å². The first kappa shape index (κ1) is 34.9. The Balaban J connectivity index is 1.06. The van der Waals surface area contributed by atoms with E-state index in [1.165, 1.54) is 22.1 Å². The molecule has 0 aliphatic carbocycles. The maximum Gasteiger partial charge on any atom is 0.159 e. The van der Waals surface area contributed by atoms with Crippen LogP contribution in [0.15, 0.2) is 233 Å². The van der Waals surface area contributed by atoms with E-state index < -0.39 is 0 Å². The Labute approximate surface area is 353 Å². The first-order valence-electron chi connectivity index (χ1n) is 20.7. The second kappa shape index (κ2) is 14.3. The first-order valence-corrected chi connectivity index (χ1v) is 20.7. The van der Waals surface area contributed by atoms with Crippen molar-refractivity contribution in [1.82, 2.24) is 0 Å². The Morgan fingerprint density at radius 3 is 1.48 bits per heavy atom. The Morgan fingerprint density at radius 2 is 0.787 bits per heavy atom. The molecule has 0 aliphatic heterocycles. The minimum Gasteiger partial charge on any atom is -0.455 e. The van der Waals surface area contributed by atoms with Gasteiger partial charge in [-0.15, -0.1) is 0 Å². The molecule has 0 spiro atoms. The van der Waals surface area contributed by atoms with Gasteiger partial charge in [-0.05, 0) is 92.9 Å². The molecular formula is C58H37NO2. The highest BCUT2D eigenvalue weighted by molar-refractivity contribution is 6.22. The Bertz CT molecular complexity index is 3550. The van der Waals surface area contributed by atoms with E-state index in [4.69, 9.17) is 8.83 Å². The van der Waals surface area contributed by atoms with Crippen LogP contribution < -0.4 is 4.90 Å². The SMILES string of the molecule is c1ccc(-c2ccc(N(c3ccc(-c4c(-c5ccccc5)ccc5c4oc4c6ccccc6c(-c6ccccc6)cc54)cc3)c3cccc4c3oc3ccccc34)cc2)cc1. The number of rotatable bonds is 7. The summed E-state index contributed by atoms with van der Waals surface area (Å²) in [4.78, 5) is 2.31. The van der Waals surface area contributed by atoms with Gasteiger partial charge in [0.25, 0.3) is 0 Å². The van der Waals surface area contributed by atoms with Crippen molar-refractivity contribution in [2.24, 2.45) is 0 Å². The molecule has 2 heterocycles. The van der Waals surface area contributed by atoms with E-state index >= 15 is 0 Å². The van der Waals surface area contributed by atoms with Crippen molar-refractivity contribution in [2.45, 2.75) is 0 Å². The third-order valence-electron chi connectivity index (χ3n) is 12.1. The van der Waals surface area contributed by atoms with E-state index in [1.54, 1.807) is 0 Å². The van der Waals surface area contributed by atoms with Gasteiger partial charge in [0.05, 0.1) is 5.69 Å².